The second-order valence-corrected chi connectivity index (χ2v) is 6.27. The van der Waals surface area contributed by atoms with E-state index in [1.807, 2.05) is 37.1 Å². The largest absolute Gasteiger partial charge is 0.341 e. The molecule has 1 saturated carbocycles. The van der Waals surface area contributed by atoms with Crippen LogP contribution >= 0.6 is 15.9 Å². The molecule has 1 aliphatic carbocycles. The van der Waals surface area contributed by atoms with Crippen molar-refractivity contribution in [3.8, 4) is 0 Å². The minimum atomic E-state index is 0.131. The summed E-state index contributed by atoms with van der Waals surface area (Å²) in [5.74, 6) is 0.832. The summed E-state index contributed by atoms with van der Waals surface area (Å²) in [5.41, 5.74) is 1.89. The number of carbonyl (C=O) groups excluding carboxylic acids is 1. The quantitative estimate of drug-likeness (QED) is 0.826. The average Bonchev–Trinajstić information content (AvgIpc) is 2.79. The number of hydrogen-bond acceptors (Lipinski definition) is 1. The second kappa shape index (κ2) is 5.87. The Kier molecular flexibility index (Phi) is 4.44. The van der Waals surface area contributed by atoms with Gasteiger partial charge >= 0.3 is 0 Å². The summed E-state index contributed by atoms with van der Waals surface area (Å²) in [7, 11) is 1.91. The van der Waals surface area contributed by atoms with E-state index in [0.717, 1.165) is 22.1 Å². The third kappa shape index (κ3) is 3.35. The average molecular weight is 310 g/mol. The summed E-state index contributed by atoms with van der Waals surface area (Å²) in [6, 6.07) is 5.88. The van der Waals surface area contributed by atoms with E-state index in [2.05, 4.69) is 15.9 Å². The van der Waals surface area contributed by atoms with Gasteiger partial charge in [0.2, 0.25) is 0 Å². The maximum Gasteiger partial charge on any atom is 0.253 e. The number of rotatable bonds is 3. The lowest BCUT2D eigenvalue weighted by Gasteiger charge is -2.21. The van der Waals surface area contributed by atoms with Gasteiger partial charge in [0.1, 0.15) is 0 Å². The van der Waals surface area contributed by atoms with Gasteiger partial charge in [0.05, 0.1) is 0 Å². The Morgan fingerprint density at radius 3 is 2.61 bits per heavy atom. The molecule has 2 nitrogen and oxygen atoms in total. The SMILES string of the molecule is Cc1cc(Br)cc(C(=O)N(C)CC2CCCC2)c1. The molecule has 1 aliphatic rings. The van der Waals surface area contributed by atoms with Gasteiger partial charge in [0.25, 0.3) is 5.91 Å². The highest BCUT2D eigenvalue weighted by Crippen LogP contribution is 2.25. The minimum Gasteiger partial charge on any atom is -0.341 e. The fourth-order valence-electron chi connectivity index (χ4n) is 2.74. The van der Waals surface area contributed by atoms with Gasteiger partial charge in [-0.2, -0.15) is 0 Å². The lowest BCUT2D eigenvalue weighted by Crippen LogP contribution is -2.31. The predicted molar refractivity (Wildman–Crippen MR) is 77.8 cm³/mol. The van der Waals surface area contributed by atoms with Crippen LogP contribution in [0.3, 0.4) is 0 Å². The van der Waals surface area contributed by atoms with Crippen molar-refractivity contribution in [2.24, 2.45) is 5.92 Å². The van der Waals surface area contributed by atoms with E-state index in [4.69, 9.17) is 0 Å². The van der Waals surface area contributed by atoms with Crippen molar-refractivity contribution in [2.75, 3.05) is 13.6 Å². The summed E-state index contributed by atoms with van der Waals surface area (Å²) in [4.78, 5) is 14.2. The van der Waals surface area contributed by atoms with Crippen LogP contribution < -0.4 is 0 Å². The molecule has 0 aliphatic heterocycles. The van der Waals surface area contributed by atoms with E-state index < -0.39 is 0 Å². The number of halogens is 1. The molecule has 3 heteroatoms. The first-order valence-electron chi connectivity index (χ1n) is 6.59. The van der Waals surface area contributed by atoms with Gasteiger partial charge in [-0.05, 0) is 49.4 Å². The van der Waals surface area contributed by atoms with E-state index in [9.17, 15) is 4.79 Å². The molecular weight excluding hydrogens is 290 g/mol. The third-order valence-corrected chi connectivity index (χ3v) is 4.10. The second-order valence-electron chi connectivity index (χ2n) is 5.35. The van der Waals surface area contributed by atoms with Gasteiger partial charge in [0.15, 0.2) is 0 Å². The van der Waals surface area contributed by atoms with Gasteiger partial charge in [-0.25, -0.2) is 0 Å². The number of amides is 1. The zero-order chi connectivity index (χ0) is 13.1. The highest BCUT2D eigenvalue weighted by atomic mass is 79.9. The van der Waals surface area contributed by atoms with Crippen LogP contribution in [-0.4, -0.2) is 24.4 Å². The minimum absolute atomic E-state index is 0.131. The maximum atomic E-state index is 12.3. The Balaban J connectivity index is 2.04. The number of carbonyl (C=O) groups is 1. The molecule has 0 bridgehead atoms. The first kappa shape index (κ1) is 13.6. The van der Waals surface area contributed by atoms with E-state index in [-0.39, 0.29) is 5.91 Å². The fraction of sp³-hybridized carbons (Fsp3) is 0.533. The zero-order valence-corrected chi connectivity index (χ0v) is 12.7. The van der Waals surface area contributed by atoms with Crippen molar-refractivity contribution in [2.45, 2.75) is 32.6 Å². The Labute approximate surface area is 117 Å². The van der Waals surface area contributed by atoms with Gasteiger partial charge in [-0.15, -0.1) is 0 Å². The molecule has 1 fully saturated rings. The van der Waals surface area contributed by atoms with Crippen molar-refractivity contribution in [3.05, 3.63) is 33.8 Å². The molecule has 1 aromatic rings. The normalized spacial score (nSPS) is 15.9. The molecule has 18 heavy (non-hydrogen) atoms. The van der Waals surface area contributed by atoms with E-state index in [1.165, 1.54) is 25.7 Å². The van der Waals surface area contributed by atoms with Gasteiger partial charge < -0.3 is 4.90 Å². The molecule has 98 valence electrons. The Morgan fingerprint density at radius 1 is 1.33 bits per heavy atom. The fourth-order valence-corrected chi connectivity index (χ4v) is 3.35. The molecule has 0 unspecified atom stereocenters. The first-order chi connectivity index (χ1) is 8.56. The van der Waals surface area contributed by atoms with E-state index >= 15 is 0 Å². The van der Waals surface area contributed by atoms with Crippen LogP contribution in [-0.2, 0) is 0 Å². The Morgan fingerprint density at radius 2 is 2.00 bits per heavy atom. The predicted octanol–water partition coefficient (Wildman–Crippen LogP) is 4.02. The van der Waals surface area contributed by atoms with E-state index in [1.54, 1.807) is 0 Å². The van der Waals surface area contributed by atoms with Crippen LogP contribution in [0, 0.1) is 12.8 Å². The summed E-state index contributed by atoms with van der Waals surface area (Å²) < 4.78 is 0.972. The highest BCUT2D eigenvalue weighted by Gasteiger charge is 2.20. The van der Waals surface area contributed by atoms with Crippen LogP contribution in [0.25, 0.3) is 0 Å². The molecule has 0 aromatic heterocycles. The standard InChI is InChI=1S/C15H20BrNO/c1-11-7-13(9-14(16)8-11)15(18)17(2)10-12-5-3-4-6-12/h7-9,12H,3-6,10H2,1-2H3. The zero-order valence-electron chi connectivity index (χ0n) is 11.1. The molecule has 1 aromatic carbocycles. The Hall–Kier alpha value is -0.830. The van der Waals surface area contributed by atoms with E-state index in [0.29, 0.717) is 5.92 Å². The van der Waals surface area contributed by atoms with Crippen molar-refractivity contribution < 1.29 is 4.79 Å². The third-order valence-electron chi connectivity index (χ3n) is 3.64. The molecule has 0 radical (unpaired) electrons. The molecule has 0 spiro atoms. The molecule has 1 amide bonds. The van der Waals surface area contributed by atoms with Crippen LogP contribution in [0.1, 0.15) is 41.6 Å². The van der Waals surface area contributed by atoms with Crippen molar-refractivity contribution in [1.82, 2.24) is 4.90 Å². The monoisotopic (exact) mass is 309 g/mol. The summed E-state index contributed by atoms with van der Waals surface area (Å²) in [6.07, 6.45) is 5.19. The molecule has 2 rings (SSSR count). The number of hydrogen-bond donors (Lipinski definition) is 0. The van der Waals surface area contributed by atoms with Crippen molar-refractivity contribution in [1.29, 1.82) is 0 Å². The first-order valence-corrected chi connectivity index (χ1v) is 7.38. The number of nitrogens with zero attached hydrogens (tertiary/aromatic N) is 1. The smallest absolute Gasteiger partial charge is 0.253 e. The lowest BCUT2D eigenvalue weighted by molar-refractivity contribution is 0.0773. The van der Waals surface area contributed by atoms with Crippen LogP contribution in [0.2, 0.25) is 0 Å². The van der Waals surface area contributed by atoms with Crippen LogP contribution in [0.5, 0.6) is 0 Å². The molecule has 0 atom stereocenters. The topological polar surface area (TPSA) is 20.3 Å². The van der Waals surface area contributed by atoms with Crippen molar-refractivity contribution >= 4 is 21.8 Å². The molecule has 0 N–H and O–H groups in total. The van der Waals surface area contributed by atoms with Crippen LogP contribution in [0.4, 0.5) is 0 Å². The lowest BCUT2D eigenvalue weighted by atomic mass is 10.1. The molecular formula is C15H20BrNO. The van der Waals surface area contributed by atoms with Crippen molar-refractivity contribution in [3.63, 3.8) is 0 Å². The summed E-state index contributed by atoms with van der Waals surface area (Å²) in [6.45, 7) is 2.91. The Bertz CT molecular complexity index is 418. The molecule has 0 saturated heterocycles. The van der Waals surface area contributed by atoms with Gasteiger partial charge in [-0.3, -0.25) is 4.79 Å². The molecule has 0 heterocycles. The van der Waals surface area contributed by atoms with Gasteiger partial charge in [-0.1, -0.05) is 28.8 Å². The summed E-state index contributed by atoms with van der Waals surface area (Å²) in [5, 5.41) is 0. The summed E-state index contributed by atoms with van der Waals surface area (Å²) >= 11 is 3.45. The number of aryl methyl sites for hydroxylation is 1. The van der Waals surface area contributed by atoms with Crippen LogP contribution in [0.15, 0.2) is 22.7 Å². The highest BCUT2D eigenvalue weighted by molar-refractivity contribution is 9.10. The maximum absolute atomic E-state index is 12.3. The number of benzene rings is 1. The van der Waals surface area contributed by atoms with Gasteiger partial charge in [0, 0.05) is 23.6 Å².